The van der Waals surface area contributed by atoms with Gasteiger partial charge in [-0.15, -0.1) is 11.3 Å². The maximum absolute atomic E-state index is 14.9. The number of hydrogen-bond donors (Lipinski definition) is 2. The Hall–Kier alpha value is -3.34. The number of halogens is 2. The summed E-state index contributed by atoms with van der Waals surface area (Å²) in [6.07, 6.45) is -1.02. The van der Waals surface area contributed by atoms with Crippen molar-refractivity contribution in [3.8, 4) is 17.6 Å². The first kappa shape index (κ1) is 25.9. The maximum Gasteiger partial charge on any atom is 0.254 e. The molecule has 3 N–H and O–H groups in total. The minimum atomic E-state index is -3.00. The number of thiophene rings is 1. The van der Waals surface area contributed by atoms with Crippen molar-refractivity contribution in [1.29, 1.82) is 5.26 Å². The van der Waals surface area contributed by atoms with Gasteiger partial charge in [0.1, 0.15) is 22.6 Å². The molecule has 3 aliphatic rings. The molecule has 10 nitrogen and oxygen atoms in total. The van der Waals surface area contributed by atoms with Gasteiger partial charge >= 0.3 is 0 Å². The molecule has 2 saturated heterocycles. The van der Waals surface area contributed by atoms with Gasteiger partial charge in [-0.25, -0.2) is 13.8 Å². The second-order valence-electron chi connectivity index (χ2n) is 10.8. The molecule has 0 amide bonds. The lowest BCUT2D eigenvalue weighted by atomic mass is 9.71. The Labute approximate surface area is 229 Å². The molecule has 2 fully saturated rings. The number of nitrogens with zero attached hydrogens (tertiary/aromatic N) is 7. The lowest BCUT2D eigenvalue weighted by Gasteiger charge is -2.35. The summed E-state index contributed by atoms with van der Waals surface area (Å²) in [7, 11) is 2.10. The van der Waals surface area contributed by atoms with Crippen LogP contribution in [0.2, 0.25) is 0 Å². The highest BCUT2D eigenvalue weighted by Gasteiger charge is 2.53. The number of likely N-dealkylation sites (N-methyl/N-ethyl adjacent to an activating group) is 1. The van der Waals surface area contributed by atoms with Crippen molar-refractivity contribution in [1.82, 2.24) is 25.3 Å². The molecule has 3 aromatic heterocycles. The van der Waals surface area contributed by atoms with E-state index in [0.29, 0.717) is 16.1 Å². The van der Waals surface area contributed by atoms with Crippen LogP contribution in [0.1, 0.15) is 35.2 Å². The van der Waals surface area contributed by atoms with Crippen molar-refractivity contribution in [2.45, 2.75) is 31.1 Å². The highest BCUT2D eigenvalue weighted by molar-refractivity contribution is 7.16. The second kappa shape index (κ2) is 9.69. The smallest absolute Gasteiger partial charge is 0.254 e. The van der Waals surface area contributed by atoms with Crippen LogP contribution in [0.4, 0.5) is 25.3 Å². The van der Waals surface area contributed by atoms with Gasteiger partial charge in [0, 0.05) is 87.4 Å². The summed E-state index contributed by atoms with van der Waals surface area (Å²) < 4.78 is 35.6. The molecular formula is C26H31F2N9OS. The fraction of sp³-hybridized carbons (Fsp3) is 0.538. The summed E-state index contributed by atoms with van der Waals surface area (Å²) in [6.45, 7) is 8.66. The molecule has 1 aliphatic carbocycles. The third-order valence-electron chi connectivity index (χ3n) is 7.94. The summed E-state index contributed by atoms with van der Waals surface area (Å²) in [5.74, 6) is -1.91. The van der Waals surface area contributed by atoms with E-state index in [1.54, 1.807) is 6.92 Å². The first-order valence-electron chi connectivity index (χ1n) is 13.1. The molecule has 6 rings (SSSR count). The summed E-state index contributed by atoms with van der Waals surface area (Å²) in [4.78, 5) is 16.7. The van der Waals surface area contributed by atoms with E-state index in [-0.39, 0.29) is 22.3 Å². The minimum absolute atomic E-state index is 0.0305. The highest BCUT2D eigenvalue weighted by atomic mass is 32.1. The number of nitrogens with two attached hydrogens (primary N) is 1. The second-order valence-corrected chi connectivity index (χ2v) is 11.9. The zero-order chi connectivity index (χ0) is 27.4. The van der Waals surface area contributed by atoms with Crippen LogP contribution in [0.25, 0.3) is 11.5 Å². The predicted octanol–water partition coefficient (Wildman–Crippen LogP) is 2.70. The zero-order valence-corrected chi connectivity index (χ0v) is 22.8. The van der Waals surface area contributed by atoms with Gasteiger partial charge in [-0.3, -0.25) is 0 Å². The van der Waals surface area contributed by atoms with Crippen molar-refractivity contribution in [3.63, 3.8) is 0 Å². The molecule has 0 radical (unpaired) electrons. The van der Waals surface area contributed by atoms with E-state index in [0.717, 1.165) is 75.2 Å². The third kappa shape index (κ3) is 4.70. The topological polar surface area (TPSA) is 123 Å². The largest absolute Gasteiger partial charge is 0.389 e. The van der Waals surface area contributed by atoms with E-state index in [9.17, 15) is 14.0 Å². The molecule has 0 aromatic carbocycles. The van der Waals surface area contributed by atoms with Crippen molar-refractivity contribution in [2.24, 2.45) is 0 Å². The van der Waals surface area contributed by atoms with Gasteiger partial charge < -0.3 is 30.3 Å². The fourth-order valence-electron chi connectivity index (χ4n) is 5.87. The fourth-order valence-corrected chi connectivity index (χ4v) is 7.10. The number of anilines is 3. The zero-order valence-electron chi connectivity index (χ0n) is 22.0. The van der Waals surface area contributed by atoms with E-state index in [4.69, 9.17) is 15.2 Å². The number of piperazine rings is 2. The number of aromatic nitrogens is 3. The Kier molecular flexibility index (Phi) is 6.44. The molecule has 3 aromatic rings. The number of nitrogens with one attached hydrogen (secondary N) is 1. The van der Waals surface area contributed by atoms with E-state index < -0.39 is 24.2 Å². The van der Waals surface area contributed by atoms with Crippen LogP contribution in [0.3, 0.4) is 0 Å². The van der Waals surface area contributed by atoms with Crippen molar-refractivity contribution in [2.75, 3.05) is 74.9 Å². The van der Waals surface area contributed by atoms with Crippen molar-refractivity contribution >= 4 is 27.8 Å². The average Bonchev–Trinajstić information content (AvgIpc) is 3.54. The molecule has 5 heterocycles. The maximum atomic E-state index is 14.9. The number of pyridine rings is 1. The van der Waals surface area contributed by atoms with E-state index >= 15 is 0 Å². The van der Waals surface area contributed by atoms with Gasteiger partial charge in [0.15, 0.2) is 0 Å². The Morgan fingerprint density at radius 3 is 2.56 bits per heavy atom. The van der Waals surface area contributed by atoms with Gasteiger partial charge in [-0.05, 0) is 20.0 Å². The van der Waals surface area contributed by atoms with Crippen LogP contribution < -0.4 is 20.9 Å². The Balaban J connectivity index is 1.42. The lowest BCUT2D eigenvalue weighted by Crippen LogP contribution is -2.45. The van der Waals surface area contributed by atoms with Crippen LogP contribution >= 0.6 is 11.3 Å². The summed E-state index contributed by atoms with van der Waals surface area (Å²) in [5, 5.41) is 17.6. The number of nitriles is 1. The van der Waals surface area contributed by atoms with Gasteiger partial charge in [0.25, 0.3) is 5.92 Å². The Morgan fingerprint density at radius 1 is 1.10 bits per heavy atom. The summed E-state index contributed by atoms with van der Waals surface area (Å²) in [6, 6.07) is 6.14. The Bertz CT molecular complexity index is 1420. The molecular weight excluding hydrogens is 524 g/mol. The number of nitrogen functional groups attached to an aromatic ring is 1. The predicted molar refractivity (Wildman–Crippen MR) is 145 cm³/mol. The van der Waals surface area contributed by atoms with Crippen LogP contribution in [-0.4, -0.2) is 85.4 Å². The van der Waals surface area contributed by atoms with E-state index in [1.165, 1.54) is 0 Å². The minimum Gasteiger partial charge on any atom is -0.389 e. The number of alkyl halides is 2. The van der Waals surface area contributed by atoms with Gasteiger partial charge in [0.05, 0.1) is 11.0 Å². The molecule has 39 heavy (non-hydrogen) atoms. The standard InChI is InChI=1S/C26H31F2N9OS/c1-25(15-26(27,28)13-19-21(25)17(14-29)22(30)39-19)24-33-23(34-38-24)18-11-16(36-5-3-31-4-6-36)12-20(32-18)37-9-7-35(2)8-10-37/h11-12,31H,3-10,13,15,30H2,1-2H3. The lowest BCUT2D eigenvalue weighted by molar-refractivity contribution is -0.0325. The quantitative estimate of drug-likeness (QED) is 0.497. The van der Waals surface area contributed by atoms with E-state index in [2.05, 4.69) is 49.3 Å². The molecule has 0 saturated carbocycles. The van der Waals surface area contributed by atoms with E-state index in [1.807, 2.05) is 6.07 Å². The van der Waals surface area contributed by atoms with Crippen LogP contribution in [0.5, 0.6) is 0 Å². The van der Waals surface area contributed by atoms with Crippen molar-refractivity contribution in [3.05, 3.63) is 34.0 Å². The van der Waals surface area contributed by atoms with Gasteiger partial charge in [-0.1, -0.05) is 5.16 Å². The molecule has 206 valence electrons. The van der Waals surface area contributed by atoms with Crippen molar-refractivity contribution < 1.29 is 13.3 Å². The molecule has 13 heteroatoms. The first-order chi connectivity index (χ1) is 18.7. The Morgan fingerprint density at radius 2 is 1.85 bits per heavy atom. The number of rotatable bonds is 4. The molecule has 1 unspecified atom stereocenters. The third-order valence-corrected chi connectivity index (χ3v) is 8.96. The van der Waals surface area contributed by atoms with Crippen LogP contribution in [0.15, 0.2) is 16.7 Å². The number of fused-ring (bicyclic) bond motifs is 1. The van der Waals surface area contributed by atoms with Gasteiger partial charge in [-0.2, -0.15) is 10.2 Å². The SMILES string of the molecule is CN1CCN(c2cc(N3CCNCC3)cc(-c3noc(C4(C)CC(F)(F)Cc5sc(N)c(C#N)c54)n3)n2)CC1. The summed E-state index contributed by atoms with van der Waals surface area (Å²) in [5.41, 5.74) is 6.90. The normalized spacial score (nSPS) is 23.5. The molecule has 0 spiro atoms. The van der Waals surface area contributed by atoms with Gasteiger partial charge in [0.2, 0.25) is 11.7 Å². The number of hydrogen-bond acceptors (Lipinski definition) is 11. The summed E-state index contributed by atoms with van der Waals surface area (Å²) >= 11 is 1.03. The molecule has 2 aliphatic heterocycles. The monoisotopic (exact) mass is 555 g/mol. The molecule has 1 atom stereocenters. The first-order valence-corrected chi connectivity index (χ1v) is 13.9. The van der Waals surface area contributed by atoms with Crippen LogP contribution in [-0.2, 0) is 11.8 Å². The average molecular weight is 556 g/mol. The van der Waals surface area contributed by atoms with Crippen LogP contribution in [0, 0.1) is 11.3 Å². The highest BCUT2D eigenvalue weighted by Crippen LogP contribution is 2.52. The molecule has 0 bridgehead atoms.